The Morgan fingerprint density at radius 1 is 1.06 bits per heavy atom. The summed E-state index contributed by atoms with van der Waals surface area (Å²) < 4.78 is 1.76. The van der Waals surface area contributed by atoms with Gasteiger partial charge in [0.15, 0.2) is 0 Å². The highest BCUT2D eigenvalue weighted by atomic mass is 16.2. The van der Waals surface area contributed by atoms with Crippen LogP contribution in [0.25, 0.3) is 17.3 Å². The van der Waals surface area contributed by atoms with Gasteiger partial charge < -0.3 is 15.1 Å². The largest absolute Gasteiger partial charge is 0.380 e. The van der Waals surface area contributed by atoms with Crippen LogP contribution in [0.5, 0.6) is 0 Å². The molecule has 0 radical (unpaired) electrons. The van der Waals surface area contributed by atoms with Crippen molar-refractivity contribution in [3.8, 4) is 5.69 Å². The molecule has 2 aliphatic heterocycles. The smallest absolute Gasteiger partial charge is 0.253 e. The molecule has 2 aliphatic rings. The fraction of sp³-hybridized carbons (Fsp3) is 0.320. The number of carbonyl (C=O) groups excluding carboxylic acids is 1. The average molecular weight is 429 g/mol. The summed E-state index contributed by atoms with van der Waals surface area (Å²) in [5, 5.41) is 12.2. The molecule has 0 aliphatic carbocycles. The van der Waals surface area contributed by atoms with E-state index in [0.717, 1.165) is 55.4 Å². The summed E-state index contributed by atoms with van der Waals surface area (Å²) >= 11 is 0. The monoisotopic (exact) mass is 428 g/mol. The van der Waals surface area contributed by atoms with Gasteiger partial charge in [-0.1, -0.05) is 23.8 Å². The summed E-state index contributed by atoms with van der Waals surface area (Å²) in [4.78, 5) is 17.1. The van der Waals surface area contributed by atoms with E-state index < -0.39 is 0 Å². The minimum Gasteiger partial charge on any atom is -0.380 e. The maximum absolute atomic E-state index is 12.8. The first-order chi connectivity index (χ1) is 15.6. The van der Waals surface area contributed by atoms with E-state index in [0.29, 0.717) is 12.1 Å². The summed E-state index contributed by atoms with van der Waals surface area (Å²) in [5.41, 5.74) is 7.09. The Morgan fingerprint density at radius 2 is 1.84 bits per heavy atom. The number of hydrogen-bond donors (Lipinski definition) is 1. The van der Waals surface area contributed by atoms with Gasteiger partial charge in [0.2, 0.25) is 0 Å². The number of nitrogens with zero attached hydrogens (tertiary/aromatic N) is 5. The number of piperazine rings is 1. The van der Waals surface area contributed by atoms with Crippen molar-refractivity contribution in [3.63, 3.8) is 0 Å². The molecule has 7 heteroatoms. The lowest BCUT2D eigenvalue weighted by Gasteiger charge is -2.34. The van der Waals surface area contributed by atoms with Crippen LogP contribution in [0.4, 0.5) is 5.69 Å². The first-order valence-electron chi connectivity index (χ1n) is 11.2. The van der Waals surface area contributed by atoms with Gasteiger partial charge in [-0.2, -0.15) is 0 Å². The molecule has 7 nitrogen and oxygen atoms in total. The molecule has 3 aromatic rings. The van der Waals surface area contributed by atoms with Crippen molar-refractivity contribution in [2.24, 2.45) is 0 Å². The molecule has 0 unspecified atom stereocenters. The number of benzene rings is 2. The molecule has 0 atom stereocenters. The van der Waals surface area contributed by atoms with Gasteiger partial charge in [-0.05, 0) is 61.5 Å². The highest BCUT2D eigenvalue weighted by Crippen LogP contribution is 2.28. The number of aromatic nitrogens is 3. The Hall–Kier alpha value is -3.45. The van der Waals surface area contributed by atoms with Crippen molar-refractivity contribution in [2.45, 2.75) is 13.8 Å². The molecule has 0 saturated carbocycles. The molecule has 0 bridgehead atoms. The van der Waals surface area contributed by atoms with Crippen molar-refractivity contribution in [1.29, 1.82) is 0 Å². The van der Waals surface area contributed by atoms with E-state index >= 15 is 0 Å². The zero-order valence-corrected chi connectivity index (χ0v) is 18.6. The number of anilines is 1. The number of likely N-dealkylation sites (N-methyl/N-ethyl adjacent to an activating group) is 1. The SMILES string of the molecule is CCN1CCN(C(=O)c2ccc(-n3cc(C4=Cc5cc(C)ccc5NC4)nn3)cc2)CC1. The van der Waals surface area contributed by atoms with Crippen LogP contribution in [0.2, 0.25) is 0 Å². The summed E-state index contributed by atoms with van der Waals surface area (Å²) in [7, 11) is 0. The second-order valence-electron chi connectivity index (χ2n) is 8.44. The van der Waals surface area contributed by atoms with Crippen LogP contribution in [0, 0.1) is 6.92 Å². The summed E-state index contributed by atoms with van der Waals surface area (Å²) in [6.07, 6.45) is 4.11. The van der Waals surface area contributed by atoms with Crippen molar-refractivity contribution in [3.05, 3.63) is 71.0 Å². The van der Waals surface area contributed by atoms with E-state index in [1.807, 2.05) is 35.4 Å². The molecule has 1 N–H and O–H groups in total. The van der Waals surface area contributed by atoms with Crippen LogP contribution in [-0.4, -0.2) is 70.0 Å². The minimum absolute atomic E-state index is 0.0963. The Kier molecular flexibility index (Phi) is 5.49. The predicted molar refractivity (Wildman–Crippen MR) is 127 cm³/mol. The molecular formula is C25H28N6O. The van der Waals surface area contributed by atoms with E-state index in [4.69, 9.17) is 0 Å². The first-order valence-corrected chi connectivity index (χ1v) is 11.2. The first kappa shape index (κ1) is 20.5. The lowest BCUT2D eigenvalue weighted by molar-refractivity contribution is 0.0643. The highest BCUT2D eigenvalue weighted by Gasteiger charge is 2.21. The predicted octanol–water partition coefficient (Wildman–Crippen LogP) is 3.32. The van der Waals surface area contributed by atoms with E-state index in [-0.39, 0.29) is 5.91 Å². The number of rotatable bonds is 4. The third-order valence-corrected chi connectivity index (χ3v) is 6.31. The van der Waals surface area contributed by atoms with Crippen LogP contribution in [0.3, 0.4) is 0 Å². The Balaban J connectivity index is 1.30. The van der Waals surface area contributed by atoms with Crippen molar-refractivity contribution in [1.82, 2.24) is 24.8 Å². The molecule has 1 saturated heterocycles. The van der Waals surface area contributed by atoms with Crippen LogP contribution in [-0.2, 0) is 0 Å². The maximum Gasteiger partial charge on any atom is 0.253 e. The van der Waals surface area contributed by atoms with Crippen molar-refractivity contribution < 1.29 is 4.79 Å². The number of fused-ring (bicyclic) bond motifs is 1. The number of hydrogen-bond acceptors (Lipinski definition) is 5. The molecule has 0 spiro atoms. The zero-order chi connectivity index (χ0) is 22.1. The molecule has 1 aromatic heterocycles. The summed E-state index contributed by atoms with van der Waals surface area (Å²) in [6, 6.07) is 14.0. The van der Waals surface area contributed by atoms with E-state index in [9.17, 15) is 4.79 Å². The van der Waals surface area contributed by atoms with Crippen LogP contribution < -0.4 is 5.32 Å². The highest BCUT2D eigenvalue weighted by molar-refractivity contribution is 5.94. The number of aryl methyl sites for hydroxylation is 1. The summed E-state index contributed by atoms with van der Waals surface area (Å²) in [5.74, 6) is 0.0963. The summed E-state index contributed by atoms with van der Waals surface area (Å²) in [6.45, 7) is 9.46. The Labute approximate surface area is 188 Å². The van der Waals surface area contributed by atoms with Crippen LogP contribution in [0.15, 0.2) is 48.7 Å². The van der Waals surface area contributed by atoms with Crippen molar-refractivity contribution >= 4 is 23.2 Å². The quantitative estimate of drug-likeness (QED) is 0.691. The van der Waals surface area contributed by atoms with Gasteiger partial charge in [0.05, 0.1) is 11.9 Å². The number of carbonyl (C=O) groups is 1. The molecular weight excluding hydrogens is 400 g/mol. The molecule has 1 fully saturated rings. The molecule has 32 heavy (non-hydrogen) atoms. The molecule has 5 rings (SSSR count). The van der Waals surface area contributed by atoms with Gasteiger partial charge in [-0.25, -0.2) is 4.68 Å². The molecule has 2 aromatic carbocycles. The standard InChI is InChI=1S/C25H28N6O/c1-3-29-10-12-30(13-11-29)25(32)19-5-7-22(8-6-19)31-17-24(27-28-31)21-15-20-14-18(2)4-9-23(20)26-16-21/h4-9,14-15,17,26H,3,10-13,16H2,1-2H3. The lowest BCUT2D eigenvalue weighted by Crippen LogP contribution is -2.48. The van der Waals surface area contributed by atoms with Gasteiger partial charge in [0.1, 0.15) is 5.69 Å². The third-order valence-electron chi connectivity index (χ3n) is 6.31. The van der Waals surface area contributed by atoms with E-state index in [1.54, 1.807) is 4.68 Å². The van der Waals surface area contributed by atoms with Gasteiger partial charge in [-0.3, -0.25) is 4.79 Å². The van der Waals surface area contributed by atoms with Gasteiger partial charge >= 0.3 is 0 Å². The number of amides is 1. The second kappa shape index (κ2) is 8.59. The Bertz CT molecular complexity index is 1160. The minimum atomic E-state index is 0.0963. The average Bonchev–Trinajstić information content (AvgIpc) is 3.34. The zero-order valence-electron chi connectivity index (χ0n) is 18.6. The Morgan fingerprint density at radius 3 is 2.59 bits per heavy atom. The van der Waals surface area contributed by atoms with Crippen LogP contribution in [0.1, 0.15) is 34.1 Å². The van der Waals surface area contributed by atoms with E-state index in [2.05, 4.69) is 58.7 Å². The fourth-order valence-electron chi connectivity index (χ4n) is 4.30. The third kappa shape index (κ3) is 4.03. The maximum atomic E-state index is 12.8. The topological polar surface area (TPSA) is 66.3 Å². The van der Waals surface area contributed by atoms with Gasteiger partial charge in [0, 0.05) is 49.5 Å². The van der Waals surface area contributed by atoms with Gasteiger partial charge in [-0.15, -0.1) is 5.10 Å². The molecule has 3 heterocycles. The molecule has 1 amide bonds. The van der Waals surface area contributed by atoms with Crippen molar-refractivity contribution in [2.75, 3.05) is 44.6 Å². The normalized spacial score (nSPS) is 16.3. The van der Waals surface area contributed by atoms with Gasteiger partial charge in [0.25, 0.3) is 5.91 Å². The van der Waals surface area contributed by atoms with E-state index in [1.165, 1.54) is 11.1 Å². The van der Waals surface area contributed by atoms with Crippen LogP contribution >= 0.6 is 0 Å². The fourth-order valence-corrected chi connectivity index (χ4v) is 4.30. The molecule has 164 valence electrons. The number of nitrogens with one attached hydrogen (secondary N) is 1. The lowest BCUT2D eigenvalue weighted by atomic mass is 10.0. The second-order valence-corrected chi connectivity index (χ2v) is 8.44.